The van der Waals surface area contributed by atoms with Crippen LogP contribution in [0.2, 0.25) is 0 Å². The predicted octanol–water partition coefficient (Wildman–Crippen LogP) is 1.97. The number of hydrogen-bond acceptors (Lipinski definition) is 1. The minimum Gasteiger partial charge on any atom is -0.310 e. The Kier molecular flexibility index (Phi) is 2.44. The highest BCUT2D eigenvalue weighted by Gasteiger charge is 2.36. The van der Waals surface area contributed by atoms with Gasteiger partial charge in [-0.1, -0.05) is 24.3 Å². The Labute approximate surface area is 76.5 Å². The maximum Gasteiger partial charge on any atom is 0.242 e. The van der Waals surface area contributed by atoms with Gasteiger partial charge in [0.15, 0.2) is 0 Å². The summed E-state index contributed by atoms with van der Waals surface area (Å²) in [7, 11) is 0. The summed E-state index contributed by atoms with van der Waals surface area (Å²) in [5.41, 5.74) is 0. The predicted molar refractivity (Wildman–Crippen MR) is 47.7 cm³/mol. The van der Waals surface area contributed by atoms with Crippen LogP contribution in [0.4, 0.5) is 8.78 Å². The third-order valence-electron chi connectivity index (χ3n) is 2.85. The Hall–Kier alpha value is -0.700. The molecule has 13 heavy (non-hydrogen) atoms. The number of halogens is 2. The van der Waals surface area contributed by atoms with Crippen molar-refractivity contribution in [3.05, 3.63) is 24.3 Å². The van der Waals surface area contributed by atoms with E-state index >= 15 is 0 Å². The van der Waals surface area contributed by atoms with Crippen LogP contribution in [0, 0.1) is 11.8 Å². The molecule has 0 aromatic carbocycles. The van der Waals surface area contributed by atoms with E-state index in [0.717, 1.165) is 0 Å². The molecule has 1 fully saturated rings. The molecule has 0 spiro atoms. The van der Waals surface area contributed by atoms with E-state index in [9.17, 15) is 8.78 Å². The summed E-state index contributed by atoms with van der Waals surface area (Å²) in [6.07, 6.45) is 6.04. The van der Waals surface area contributed by atoms with Crippen molar-refractivity contribution in [3.8, 4) is 0 Å². The van der Waals surface area contributed by atoms with E-state index < -0.39 is 12.3 Å². The molecule has 0 bridgehead atoms. The second kappa shape index (κ2) is 3.58. The lowest BCUT2D eigenvalue weighted by Crippen LogP contribution is -2.46. The molecule has 0 amide bonds. The van der Waals surface area contributed by atoms with Gasteiger partial charge in [-0.3, -0.25) is 0 Å². The van der Waals surface area contributed by atoms with Crippen molar-refractivity contribution >= 4 is 0 Å². The Morgan fingerprint density at radius 2 is 2.00 bits per heavy atom. The summed E-state index contributed by atoms with van der Waals surface area (Å²) in [6.45, 7) is 0.703. The molecule has 2 aliphatic rings. The Balaban J connectivity index is 2.13. The van der Waals surface area contributed by atoms with Gasteiger partial charge in [0.05, 0.1) is 0 Å². The number of alkyl halides is 2. The molecule has 1 heterocycles. The molecule has 0 saturated carbocycles. The summed E-state index contributed by atoms with van der Waals surface area (Å²) in [5.74, 6) is -0.480. The van der Waals surface area contributed by atoms with Gasteiger partial charge in [-0.2, -0.15) is 0 Å². The maximum absolute atomic E-state index is 12.6. The van der Waals surface area contributed by atoms with Gasteiger partial charge in [0, 0.05) is 17.9 Å². The Bertz CT molecular complexity index is 235. The van der Waals surface area contributed by atoms with E-state index in [4.69, 9.17) is 0 Å². The van der Waals surface area contributed by atoms with Crippen molar-refractivity contribution in [3.63, 3.8) is 0 Å². The van der Waals surface area contributed by atoms with Crippen LogP contribution in [0.15, 0.2) is 24.3 Å². The first-order valence-electron chi connectivity index (χ1n) is 4.65. The second-order valence-corrected chi connectivity index (χ2v) is 3.61. The van der Waals surface area contributed by atoms with Crippen LogP contribution in [-0.4, -0.2) is 19.0 Å². The molecule has 3 atom stereocenters. The number of allylic oxidation sites excluding steroid dienone is 2. The van der Waals surface area contributed by atoms with Crippen molar-refractivity contribution in [1.82, 2.24) is 5.32 Å². The summed E-state index contributed by atoms with van der Waals surface area (Å²) >= 11 is 0. The topological polar surface area (TPSA) is 12.0 Å². The number of fused-ring (bicyclic) bond motifs is 1. The largest absolute Gasteiger partial charge is 0.310 e. The average molecular weight is 185 g/mol. The lowest BCUT2D eigenvalue weighted by atomic mass is 9.79. The van der Waals surface area contributed by atoms with E-state index in [-0.39, 0.29) is 12.0 Å². The van der Waals surface area contributed by atoms with E-state index in [1.807, 2.05) is 24.3 Å². The number of hydrogen-bond donors (Lipinski definition) is 1. The molecule has 3 unspecified atom stereocenters. The van der Waals surface area contributed by atoms with Gasteiger partial charge in [-0.05, 0) is 13.0 Å². The average Bonchev–Trinajstić information content (AvgIpc) is 2.17. The molecule has 72 valence electrons. The molecule has 3 heteroatoms. The van der Waals surface area contributed by atoms with Crippen LogP contribution in [0.25, 0.3) is 0 Å². The van der Waals surface area contributed by atoms with Crippen molar-refractivity contribution in [2.24, 2.45) is 11.8 Å². The third-order valence-corrected chi connectivity index (χ3v) is 2.85. The second-order valence-electron chi connectivity index (χ2n) is 3.61. The van der Waals surface area contributed by atoms with Gasteiger partial charge >= 0.3 is 0 Å². The van der Waals surface area contributed by atoms with Crippen LogP contribution in [-0.2, 0) is 0 Å². The lowest BCUT2D eigenvalue weighted by molar-refractivity contribution is 0.0314. The van der Waals surface area contributed by atoms with Crippen molar-refractivity contribution < 1.29 is 8.78 Å². The quantitative estimate of drug-likeness (QED) is 0.658. The molecule has 0 aromatic rings. The maximum atomic E-state index is 12.6. The van der Waals surface area contributed by atoms with Crippen molar-refractivity contribution in [2.45, 2.75) is 18.9 Å². The summed E-state index contributed by atoms with van der Waals surface area (Å²) in [5, 5.41) is 3.23. The molecule has 1 N–H and O–H groups in total. The van der Waals surface area contributed by atoms with Gasteiger partial charge in [-0.15, -0.1) is 0 Å². The van der Waals surface area contributed by atoms with Crippen molar-refractivity contribution in [1.29, 1.82) is 0 Å². The zero-order chi connectivity index (χ0) is 9.26. The van der Waals surface area contributed by atoms with Crippen LogP contribution < -0.4 is 5.32 Å². The zero-order valence-electron chi connectivity index (χ0n) is 7.29. The van der Waals surface area contributed by atoms with Gasteiger partial charge in [0.2, 0.25) is 6.43 Å². The SMILES string of the molecule is FC(F)C1CCNC2C=CC=CC21. The van der Waals surface area contributed by atoms with E-state index in [1.165, 1.54) is 0 Å². The number of rotatable bonds is 1. The summed E-state index contributed by atoms with van der Waals surface area (Å²) in [4.78, 5) is 0. The number of piperidine rings is 1. The molecule has 1 aliphatic heterocycles. The fraction of sp³-hybridized carbons (Fsp3) is 0.600. The first-order valence-corrected chi connectivity index (χ1v) is 4.65. The fourth-order valence-electron chi connectivity index (χ4n) is 2.14. The normalized spacial score (nSPS) is 37.9. The molecule has 0 radical (unpaired) electrons. The van der Waals surface area contributed by atoms with E-state index in [1.54, 1.807) is 0 Å². The van der Waals surface area contributed by atoms with Crippen LogP contribution in [0.1, 0.15) is 6.42 Å². The monoisotopic (exact) mass is 185 g/mol. The summed E-state index contributed by atoms with van der Waals surface area (Å²) < 4.78 is 25.2. The highest BCUT2D eigenvalue weighted by Crippen LogP contribution is 2.32. The van der Waals surface area contributed by atoms with Gasteiger partial charge in [0.1, 0.15) is 0 Å². The van der Waals surface area contributed by atoms with Crippen LogP contribution in [0.3, 0.4) is 0 Å². The van der Waals surface area contributed by atoms with Crippen LogP contribution in [0.5, 0.6) is 0 Å². The molecule has 1 saturated heterocycles. The van der Waals surface area contributed by atoms with Gasteiger partial charge < -0.3 is 5.32 Å². The highest BCUT2D eigenvalue weighted by atomic mass is 19.3. The lowest BCUT2D eigenvalue weighted by Gasteiger charge is -2.36. The Morgan fingerprint density at radius 1 is 1.23 bits per heavy atom. The van der Waals surface area contributed by atoms with Gasteiger partial charge in [0.25, 0.3) is 0 Å². The molecule has 1 aliphatic carbocycles. The molecule has 2 rings (SSSR count). The number of nitrogens with one attached hydrogen (secondary N) is 1. The first-order chi connectivity index (χ1) is 6.29. The van der Waals surface area contributed by atoms with Crippen LogP contribution >= 0.6 is 0 Å². The van der Waals surface area contributed by atoms with E-state index in [0.29, 0.717) is 13.0 Å². The van der Waals surface area contributed by atoms with E-state index in [2.05, 4.69) is 5.32 Å². The Morgan fingerprint density at radius 3 is 2.77 bits per heavy atom. The van der Waals surface area contributed by atoms with Gasteiger partial charge in [-0.25, -0.2) is 8.78 Å². The summed E-state index contributed by atoms with van der Waals surface area (Å²) in [6, 6.07) is 0.123. The standard InChI is InChI=1S/C10H13F2N/c11-10(12)8-5-6-13-9-4-2-1-3-7(8)9/h1-4,7-10,13H,5-6H2. The zero-order valence-corrected chi connectivity index (χ0v) is 7.29. The minimum absolute atomic E-state index is 0.0150. The first kappa shape index (κ1) is 8.88. The molecular formula is C10H13F2N. The molecule has 0 aromatic heterocycles. The fourth-order valence-corrected chi connectivity index (χ4v) is 2.14. The minimum atomic E-state index is -2.19. The molecular weight excluding hydrogens is 172 g/mol. The third kappa shape index (κ3) is 1.66. The highest BCUT2D eigenvalue weighted by molar-refractivity contribution is 5.19. The molecule has 1 nitrogen and oxygen atoms in total. The smallest absolute Gasteiger partial charge is 0.242 e. The van der Waals surface area contributed by atoms with Crippen molar-refractivity contribution in [2.75, 3.05) is 6.54 Å².